The van der Waals surface area contributed by atoms with Crippen molar-refractivity contribution in [2.75, 3.05) is 18.1 Å². The third-order valence-corrected chi connectivity index (χ3v) is 5.28. The lowest BCUT2D eigenvalue weighted by Crippen LogP contribution is -2.42. The summed E-state index contributed by atoms with van der Waals surface area (Å²) in [7, 11) is 0. The zero-order valence-electron chi connectivity index (χ0n) is 13.4. The molecule has 1 atom stereocenters. The molecule has 5 nitrogen and oxygen atoms in total. The molecule has 1 saturated heterocycles. The van der Waals surface area contributed by atoms with Crippen molar-refractivity contribution in [1.29, 1.82) is 0 Å². The Balaban J connectivity index is 1.67. The first-order valence-corrected chi connectivity index (χ1v) is 8.84. The SMILES string of the molecule is Cc1cc(C)n(-c2ccc(C(=O)NC[C@@]3(O)CCSC3)cc2)n1. The maximum atomic E-state index is 12.2. The third-order valence-electron chi connectivity index (χ3n) is 4.04. The van der Waals surface area contributed by atoms with E-state index in [-0.39, 0.29) is 5.91 Å². The van der Waals surface area contributed by atoms with E-state index in [0.717, 1.165) is 29.2 Å². The summed E-state index contributed by atoms with van der Waals surface area (Å²) in [6, 6.07) is 9.35. The lowest BCUT2D eigenvalue weighted by atomic mass is 10.0. The molecule has 0 aliphatic carbocycles. The molecule has 0 radical (unpaired) electrons. The summed E-state index contributed by atoms with van der Waals surface area (Å²) in [6.45, 7) is 4.26. The maximum Gasteiger partial charge on any atom is 0.251 e. The second-order valence-corrected chi connectivity index (χ2v) is 7.20. The lowest BCUT2D eigenvalue weighted by Gasteiger charge is -2.21. The van der Waals surface area contributed by atoms with Crippen molar-refractivity contribution in [1.82, 2.24) is 15.1 Å². The summed E-state index contributed by atoms with van der Waals surface area (Å²) in [4.78, 5) is 12.2. The number of nitrogens with one attached hydrogen (secondary N) is 1. The van der Waals surface area contributed by atoms with Gasteiger partial charge in [0.2, 0.25) is 0 Å². The van der Waals surface area contributed by atoms with E-state index in [1.807, 2.05) is 36.7 Å². The average Bonchev–Trinajstić information content (AvgIpc) is 3.11. The van der Waals surface area contributed by atoms with Crippen molar-refractivity contribution in [3.63, 3.8) is 0 Å². The highest BCUT2D eigenvalue weighted by Gasteiger charge is 2.32. The van der Waals surface area contributed by atoms with Gasteiger partial charge in [0.25, 0.3) is 5.91 Å². The molecule has 1 fully saturated rings. The zero-order chi connectivity index (χ0) is 16.4. The van der Waals surface area contributed by atoms with Gasteiger partial charge in [-0.3, -0.25) is 4.79 Å². The van der Waals surface area contributed by atoms with Crippen LogP contribution in [0.4, 0.5) is 0 Å². The summed E-state index contributed by atoms with van der Waals surface area (Å²) in [5.41, 5.74) is 2.78. The van der Waals surface area contributed by atoms with Crippen molar-refractivity contribution in [3.05, 3.63) is 47.3 Å². The van der Waals surface area contributed by atoms with Crippen molar-refractivity contribution in [2.24, 2.45) is 0 Å². The minimum atomic E-state index is -0.760. The molecular formula is C17H21N3O2S. The van der Waals surface area contributed by atoms with Gasteiger partial charge in [-0.2, -0.15) is 16.9 Å². The lowest BCUT2D eigenvalue weighted by molar-refractivity contribution is 0.0612. The van der Waals surface area contributed by atoms with E-state index in [2.05, 4.69) is 10.4 Å². The Hall–Kier alpha value is -1.79. The first-order chi connectivity index (χ1) is 11.0. The van der Waals surface area contributed by atoms with E-state index in [4.69, 9.17) is 0 Å². The molecular weight excluding hydrogens is 310 g/mol. The number of benzene rings is 1. The van der Waals surface area contributed by atoms with Gasteiger partial charge in [-0.15, -0.1) is 0 Å². The van der Waals surface area contributed by atoms with Crippen LogP contribution in [-0.4, -0.2) is 44.4 Å². The fraction of sp³-hybridized carbons (Fsp3) is 0.412. The van der Waals surface area contributed by atoms with Crippen LogP contribution in [0.3, 0.4) is 0 Å². The number of aryl methyl sites for hydroxylation is 2. The molecule has 2 N–H and O–H groups in total. The second kappa shape index (κ2) is 6.37. The Morgan fingerprint density at radius 3 is 2.70 bits per heavy atom. The molecule has 2 aromatic rings. The van der Waals surface area contributed by atoms with Crippen LogP contribution in [0.5, 0.6) is 0 Å². The van der Waals surface area contributed by atoms with Crippen LogP contribution < -0.4 is 5.32 Å². The molecule has 3 rings (SSSR count). The second-order valence-electron chi connectivity index (χ2n) is 6.10. The van der Waals surface area contributed by atoms with E-state index in [0.29, 0.717) is 17.9 Å². The van der Waals surface area contributed by atoms with Crippen LogP contribution >= 0.6 is 11.8 Å². The molecule has 1 aliphatic heterocycles. The molecule has 1 aromatic heterocycles. The predicted octanol–water partition coefficient (Wildman–Crippen LogP) is 2.09. The molecule has 1 aromatic carbocycles. The number of aromatic nitrogens is 2. The number of thioether (sulfide) groups is 1. The minimum Gasteiger partial charge on any atom is -0.387 e. The molecule has 0 spiro atoms. The largest absolute Gasteiger partial charge is 0.387 e. The topological polar surface area (TPSA) is 67.2 Å². The monoisotopic (exact) mass is 331 g/mol. The van der Waals surface area contributed by atoms with Gasteiger partial charge < -0.3 is 10.4 Å². The standard InChI is InChI=1S/C17H21N3O2S/c1-12-9-13(2)20(19-12)15-5-3-14(4-6-15)16(21)18-10-17(22)7-8-23-11-17/h3-6,9,22H,7-8,10-11H2,1-2H3,(H,18,21)/t17-/m0/s1. The van der Waals surface area contributed by atoms with Gasteiger partial charge in [0, 0.05) is 23.6 Å². The average molecular weight is 331 g/mol. The van der Waals surface area contributed by atoms with Gasteiger partial charge in [0.1, 0.15) is 0 Å². The summed E-state index contributed by atoms with van der Waals surface area (Å²) in [6.07, 6.45) is 0.731. The Kier molecular flexibility index (Phi) is 4.46. The summed E-state index contributed by atoms with van der Waals surface area (Å²) < 4.78 is 1.86. The van der Waals surface area contributed by atoms with Crippen LogP contribution in [0.1, 0.15) is 28.2 Å². The van der Waals surface area contributed by atoms with Gasteiger partial charge in [0.05, 0.1) is 17.0 Å². The summed E-state index contributed by atoms with van der Waals surface area (Å²) in [5.74, 6) is 1.48. The molecule has 122 valence electrons. The fourth-order valence-electron chi connectivity index (χ4n) is 2.73. The smallest absolute Gasteiger partial charge is 0.251 e. The van der Waals surface area contributed by atoms with Crippen LogP contribution in [0, 0.1) is 13.8 Å². The van der Waals surface area contributed by atoms with Gasteiger partial charge in [-0.05, 0) is 56.4 Å². The van der Waals surface area contributed by atoms with E-state index in [1.54, 1.807) is 23.9 Å². The van der Waals surface area contributed by atoms with Crippen LogP contribution in [-0.2, 0) is 0 Å². The first-order valence-electron chi connectivity index (χ1n) is 7.69. The van der Waals surface area contributed by atoms with Crippen molar-refractivity contribution >= 4 is 17.7 Å². The number of hydrogen-bond acceptors (Lipinski definition) is 4. The van der Waals surface area contributed by atoms with Gasteiger partial charge in [-0.1, -0.05) is 0 Å². The van der Waals surface area contributed by atoms with Crippen LogP contribution in [0.2, 0.25) is 0 Å². The van der Waals surface area contributed by atoms with E-state index in [9.17, 15) is 9.90 Å². The highest BCUT2D eigenvalue weighted by molar-refractivity contribution is 7.99. The Morgan fingerprint density at radius 1 is 1.39 bits per heavy atom. The first kappa shape index (κ1) is 16.1. The summed E-state index contributed by atoms with van der Waals surface area (Å²) in [5, 5.41) is 17.5. The van der Waals surface area contributed by atoms with Gasteiger partial charge in [-0.25, -0.2) is 4.68 Å². The Labute approximate surface area is 140 Å². The Morgan fingerprint density at radius 2 is 2.13 bits per heavy atom. The van der Waals surface area contributed by atoms with E-state index < -0.39 is 5.60 Å². The highest BCUT2D eigenvalue weighted by Crippen LogP contribution is 2.27. The number of rotatable bonds is 4. The van der Waals surface area contributed by atoms with Gasteiger partial charge >= 0.3 is 0 Å². The maximum absolute atomic E-state index is 12.2. The normalized spacial score (nSPS) is 20.7. The van der Waals surface area contributed by atoms with Gasteiger partial charge in [0.15, 0.2) is 0 Å². The number of nitrogens with zero attached hydrogens (tertiary/aromatic N) is 2. The third kappa shape index (κ3) is 3.59. The predicted molar refractivity (Wildman–Crippen MR) is 92.3 cm³/mol. The summed E-state index contributed by atoms with van der Waals surface area (Å²) >= 11 is 1.72. The van der Waals surface area contributed by atoms with Crippen LogP contribution in [0.15, 0.2) is 30.3 Å². The number of hydrogen-bond donors (Lipinski definition) is 2. The highest BCUT2D eigenvalue weighted by atomic mass is 32.2. The molecule has 0 saturated carbocycles. The van der Waals surface area contributed by atoms with Crippen molar-refractivity contribution < 1.29 is 9.90 Å². The minimum absolute atomic E-state index is 0.157. The molecule has 6 heteroatoms. The van der Waals surface area contributed by atoms with Crippen molar-refractivity contribution in [3.8, 4) is 5.69 Å². The quantitative estimate of drug-likeness (QED) is 0.900. The number of carbonyl (C=O) groups is 1. The fourth-order valence-corrected chi connectivity index (χ4v) is 4.02. The van der Waals surface area contributed by atoms with Crippen molar-refractivity contribution in [2.45, 2.75) is 25.9 Å². The van der Waals surface area contributed by atoms with E-state index >= 15 is 0 Å². The zero-order valence-corrected chi connectivity index (χ0v) is 14.2. The molecule has 1 aliphatic rings. The van der Waals surface area contributed by atoms with Crippen LogP contribution in [0.25, 0.3) is 5.69 Å². The molecule has 0 bridgehead atoms. The number of carbonyl (C=O) groups excluding carboxylic acids is 1. The molecule has 1 amide bonds. The number of aliphatic hydroxyl groups is 1. The van der Waals surface area contributed by atoms with E-state index in [1.165, 1.54) is 0 Å². The Bertz CT molecular complexity index is 703. The molecule has 0 unspecified atom stereocenters. The number of amides is 1. The molecule has 23 heavy (non-hydrogen) atoms. The molecule has 2 heterocycles.